The fourth-order valence-corrected chi connectivity index (χ4v) is 2.00. The van der Waals surface area contributed by atoms with Crippen molar-refractivity contribution in [2.24, 2.45) is 0 Å². The Balaban J connectivity index is 2.89. The third-order valence-corrected chi connectivity index (χ3v) is 3.09. The molecule has 0 spiro atoms. The molecule has 0 bridgehead atoms. The molecular weight excluding hydrogens is 184 g/mol. The highest BCUT2D eigenvalue weighted by Gasteiger charge is 2.16. The lowest BCUT2D eigenvalue weighted by atomic mass is 9.89. The van der Waals surface area contributed by atoms with Crippen LogP contribution in [0.3, 0.4) is 0 Å². The van der Waals surface area contributed by atoms with E-state index in [0.717, 1.165) is 12.8 Å². The molecule has 2 atom stereocenters. The van der Waals surface area contributed by atoms with Gasteiger partial charge in [0.25, 0.3) is 0 Å². The first-order valence-corrected chi connectivity index (χ1v) is 5.81. The zero-order valence-corrected chi connectivity index (χ0v) is 10.2. The van der Waals surface area contributed by atoms with Gasteiger partial charge in [0.2, 0.25) is 0 Å². The molecule has 0 aliphatic heterocycles. The van der Waals surface area contributed by atoms with Crippen molar-refractivity contribution < 1.29 is 5.11 Å². The van der Waals surface area contributed by atoms with Gasteiger partial charge in [0.05, 0.1) is 6.10 Å². The van der Waals surface area contributed by atoms with Crippen molar-refractivity contribution in [3.63, 3.8) is 0 Å². The Labute approximate surface area is 93.1 Å². The first-order valence-electron chi connectivity index (χ1n) is 5.81. The lowest BCUT2D eigenvalue weighted by Gasteiger charge is -2.21. The fourth-order valence-electron chi connectivity index (χ4n) is 2.00. The van der Waals surface area contributed by atoms with E-state index in [4.69, 9.17) is 0 Å². The van der Waals surface area contributed by atoms with Crippen LogP contribution in [0.15, 0.2) is 18.2 Å². The second-order valence-corrected chi connectivity index (χ2v) is 4.50. The standard InChI is InChI=1S/C14H22O/c1-5-6-14(15)12(4)13-9-10(2)7-8-11(13)3/h7-9,12,14-15H,5-6H2,1-4H3. The van der Waals surface area contributed by atoms with Gasteiger partial charge in [-0.1, -0.05) is 44.0 Å². The third-order valence-electron chi connectivity index (χ3n) is 3.09. The van der Waals surface area contributed by atoms with Crippen molar-refractivity contribution in [2.75, 3.05) is 0 Å². The summed E-state index contributed by atoms with van der Waals surface area (Å²) >= 11 is 0. The summed E-state index contributed by atoms with van der Waals surface area (Å²) in [5.74, 6) is 0.241. The van der Waals surface area contributed by atoms with Crippen molar-refractivity contribution >= 4 is 0 Å². The molecule has 0 aliphatic carbocycles. The maximum absolute atomic E-state index is 9.99. The monoisotopic (exact) mass is 206 g/mol. The Hall–Kier alpha value is -0.820. The summed E-state index contributed by atoms with van der Waals surface area (Å²) in [7, 11) is 0. The van der Waals surface area contributed by atoms with Gasteiger partial charge in [0.1, 0.15) is 0 Å². The molecule has 1 rings (SSSR count). The van der Waals surface area contributed by atoms with Crippen LogP contribution in [0.25, 0.3) is 0 Å². The van der Waals surface area contributed by atoms with E-state index in [9.17, 15) is 5.11 Å². The van der Waals surface area contributed by atoms with E-state index < -0.39 is 0 Å². The molecule has 1 heteroatoms. The van der Waals surface area contributed by atoms with Crippen molar-refractivity contribution in [1.82, 2.24) is 0 Å². The topological polar surface area (TPSA) is 20.2 Å². The molecular formula is C14H22O. The summed E-state index contributed by atoms with van der Waals surface area (Å²) in [5, 5.41) is 9.99. The minimum absolute atomic E-state index is 0.213. The van der Waals surface area contributed by atoms with Crippen LogP contribution in [-0.2, 0) is 0 Å². The highest BCUT2D eigenvalue weighted by Crippen LogP contribution is 2.25. The van der Waals surface area contributed by atoms with E-state index in [0.29, 0.717) is 0 Å². The molecule has 0 fully saturated rings. The van der Waals surface area contributed by atoms with Crippen LogP contribution in [0.5, 0.6) is 0 Å². The summed E-state index contributed by atoms with van der Waals surface area (Å²) in [4.78, 5) is 0. The number of rotatable bonds is 4. The molecule has 15 heavy (non-hydrogen) atoms. The van der Waals surface area contributed by atoms with Gasteiger partial charge in [-0.15, -0.1) is 0 Å². The fraction of sp³-hybridized carbons (Fsp3) is 0.571. The van der Waals surface area contributed by atoms with Gasteiger partial charge < -0.3 is 5.11 Å². The molecule has 0 saturated carbocycles. The van der Waals surface area contributed by atoms with Gasteiger partial charge in [-0.3, -0.25) is 0 Å². The number of aryl methyl sites for hydroxylation is 2. The predicted octanol–water partition coefficient (Wildman–Crippen LogP) is 3.57. The molecule has 0 heterocycles. The quantitative estimate of drug-likeness (QED) is 0.798. The number of hydrogen-bond donors (Lipinski definition) is 1. The van der Waals surface area contributed by atoms with E-state index in [1.807, 2.05) is 0 Å². The van der Waals surface area contributed by atoms with Gasteiger partial charge in [0, 0.05) is 5.92 Å². The summed E-state index contributed by atoms with van der Waals surface area (Å²) in [6.45, 7) is 8.44. The number of aliphatic hydroxyl groups excluding tert-OH is 1. The zero-order chi connectivity index (χ0) is 11.4. The molecule has 0 saturated heterocycles. The van der Waals surface area contributed by atoms with Crippen LogP contribution in [0.1, 0.15) is 49.3 Å². The smallest absolute Gasteiger partial charge is 0.0606 e. The average molecular weight is 206 g/mol. The van der Waals surface area contributed by atoms with Gasteiger partial charge in [-0.25, -0.2) is 0 Å². The average Bonchev–Trinajstić information content (AvgIpc) is 2.21. The molecule has 84 valence electrons. The second-order valence-electron chi connectivity index (χ2n) is 4.50. The molecule has 1 aromatic rings. The van der Waals surface area contributed by atoms with Crippen molar-refractivity contribution in [1.29, 1.82) is 0 Å². The molecule has 1 aromatic carbocycles. The summed E-state index contributed by atoms with van der Waals surface area (Å²) in [6, 6.07) is 6.45. The SMILES string of the molecule is CCCC(O)C(C)c1cc(C)ccc1C. The second kappa shape index (κ2) is 5.32. The highest BCUT2D eigenvalue weighted by molar-refractivity contribution is 5.33. The molecule has 0 aromatic heterocycles. The number of benzene rings is 1. The molecule has 0 radical (unpaired) electrons. The highest BCUT2D eigenvalue weighted by atomic mass is 16.3. The van der Waals surface area contributed by atoms with Crippen molar-refractivity contribution in [3.05, 3.63) is 34.9 Å². The lowest BCUT2D eigenvalue weighted by molar-refractivity contribution is 0.138. The van der Waals surface area contributed by atoms with Crippen LogP contribution in [0.4, 0.5) is 0 Å². The minimum atomic E-state index is -0.213. The number of hydrogen-bond acceptors (Lipinski definition) is 1. The van der Waals surface area contributed by atoms with Crippen molar-refractivity contribution in [2.45, 2.75) is 52.6 Å². The van der Waals surface area contributed by atoms with Gasteiger partial charge in [-0.05, 0) is 31.4 Å². The van der Waals surface area contributed by atoms with E-state index in [1.54, 1.807) is 0 Å². The van der Waals surface area contributed by atoms with Crippen LogP contribution in [0, 0.1) is 13.8 Å². The summed E-state index contributed by atoms with van der Waals surface area (Å²) in [6.07, 6.45) is 1.71. The predicted molar refractivity (Wildman–Crippen MR) is 65.2 cm³/mol. The normalized spacial score (nSPS) is 15.0. The summed E-state index contributed by atoms with van der Waals surface area (Å²) in [5.41, 5.74) is 3.84. The third kappa shape index (κ3) is 3.07. The van der Waals surface area contributed by atoms with Crippen LogP contribution >= 0.6 is 0 Å². The minimum Gasteiger partial charge on any atom is -0.393 e. The van der Waals surface area contributed by atoms with Crippen LogP contribution in [0.2, 0.25) is 0 Å². The molecule has 2 unspecified atom stereocenters. The first-order chi connectivity index (χ1) is 7.06. The van der Waals surface area contributed by atoms with E-state index in [-0.39, 0.29) is 12.0 Å². The maximum Gasteiger partial charge on any atom is 0.0606 e. The maximum atomic E-state index is 9.99. The van der Waals surface area contributed by atoms with Gasteiger partial charge >= 0.3 is 0 Å². The van der Waals surface area contributed by atoms with Crippen molar-refractivity contribution in [3.8, 4) is 0 Å². The molecule has 0 aliphatic rings. The Morgan fingerprint density at radius 1 is 1.27 bits per heavy atom. The van der Waals surface area contributed by atoms with Crippen LogP contribution in [-0.4, -0.2) is 11.2 Å². The molecule has 1 nitrogen and oxygen atoms in total. The van der Waals surface area contributed by atoms with E-state index in [1.165, 1.54) is 16.7 Å². The summed E-state index contributed by atoms with van der Waals surface area (Å²) < 4.78 is 0. The van der Waals surface area contributed by atoms with Gasteiger partial charge in [0.15, 0.2) is 0 Å². The van der Waals surface area contributed by atoms with Crippen LogP contribution < -0.4 is 0 Å². The van der Waals surface area contributed by atoms with E-state index >= 15 is 0 Å². The molecule has 0 amide bonds. The Bertz CT molecular complexity index is 317. The Kier molecular flexibility index (Phi) is 4.34. The Morgan fingerprint density at radius 2 is 1.93 bits per heavy atom. The largest absolute Gasteiger partial charge is 0.393 e. The first kappa shape index (κ1) is 12.3. The lowest BCUT2D eigenvalue weighted by Crippen LogP contribution is -2.16. The van der Waals surface area contributed by atoms with E-state index in [2.05, 4.69) is 45.9 Å². The number of aliphatic hydroxyl groups is 1. The zero-order valence-electron chi connectivity index (χ0n) is 10.2. The van der Waals surface area contributed by atoms with Gasteiger partial charge in [-0.2, -0.15) is 0 Å². The Morgan fingerprint density at radius 3 is 2.53 bits per heavy atom. The molecule has 1 N–H and O–H groups in total.